The van der Waals surface area contributed by atoms with Crippen LogP contribution in [0.4, 0.5) is 0 Å². The van der Waals surface area contributed by atoms with E-state index < -0.39 is 16.1 Å². The van der Waals surface area contributed by atoms with Crippen LogP contribution in [0, 0.1) is 6.92 Å². The molecule has 2 N–H and O–H groups in total. The molecule has 0 aliphatic rings. The molecule has 6 nitrogen and oxygen atoms in total. The first kappa shape index (κ1) is 21.9. The second-order valence-corrected chi connectivity index (χ2v) is 8.23. The second-order valence-electron chi connectivity index (χ2n) is 6.51. The van der Waals surface area contributed by atoms with Crippen molar-refractivity contribution in [2.75, 3.05) is 13.2 Å². The molecule has 2 rings (SSSR count). The van der Waals surface area contributed by atoms with Crippen molar-refractivity contribution in [2.24, 2.45) is 0 Å². The molecule has 2 aromatic carbocycles. The number of sulfonamides is 1. The van der Waals surface area contributed by atoms with Gasteiger partial charge in [-0.25, -0.2) is 8.42 Å². The number of benzene rings is 2. The number of rotatable bonds is 10. The summed E-state index contributed by atoms with van der Waals surface area (Å²) in [6, 6.07) is 13.1. The zero-order chi connectivity index (χ0) is 20.6. The van der Waals surface area contributed by atoms with Crippen LogP contribution < -0.4 is 14.8 Å². The lowest BCUT2D eigenvalue weighted by Gasteiger charge is -2.19. The van der Waals surface area contributed by atoms with E-state index in [1.165, 1.54) is 6.07 Å². The molecule has 0 aliphatic heterocycles. The van der Waals surface area contributed by atoms with Crippen molar-refractivity contribution < 1.29 is 17.9 Å². The highest BCUT2D eigenvalue weighted by atomic mass is 32.2. The molecule has 1 atom stereocenters. The Balaban J connectivity index is 2.25. The fraction of sp³-hybridized carbons (Fsp3) is 0.381. The van der Waals surface area contributed by atoms with Crippen LogP contribution in [-0.4, -0.2) is 33.5 Å². The maximum Gasteiger partial charge on any atom is 0.241 e. The summed E-state index contributed by atoms with van der Waals surface area (Å²) in [5, 5.41) is 2.78. The van der Waals surface area contributed by atoms with E-state index in [9.17, 15) is 13.2 Å². The molecular weight excluding hydrogens is 376 g/mol. The third kappa shape index (κ3) is 6.07. The largest absolute Gasteiger partial charge is 0.494 e. The van der Waals surface area contributed by atoms with Gasteiger partial charge in [-0.05, 0) is 56.0 Å². The summed E-state index contributed by atoms with van der Waals surface area (Å²) in [5.41, 5.74) is 1.60. The maximum absolute atomic E-state index is 12.9. The van der Waals surface area contributed by atoms with Gasteiger partial charge >= 0.3 is 0 Å². The van der Waals surface area contributed by atoms with Crippen LogP contribution in [0.1, 0.15) is 31.4 Å². The number of ether oxygens (including phenoxy) is 1. The lowest BCUT2D eigenvalue weighted by molar-refractivity contribution is -0.122. The highest BCUT2D eigenvalue weighted by molar-refractivity contribution is 7.89. The van der Waals surface area contributed by atoms with E-state index in [2.05, 4.69) is 10.0 Å². The normalized spacial score (nSPS) is 12.4. The van der Waals surface area contributed by atoms with E-state index in [-0.39, 0.29) is 17.2 Å². The van der Waals surface area contributed by atoms with Gasteiger partial charge in [0, 0.05) is 6.54 Å². The maximum atomic E-state index is 12.9. The number of hydrogen-bond donors (Lipinski definition) is 2. The van der Waals surface area contributed by atoms with Gasteiger partial charge in [0.1, 0.15) is 11.8 Å². The standard InChI is InChI=1S/C21H28N2O4S/c1-4-13-22-21(24)19(15-17-9-7-6-8-10-17)23-28(25,26)18-11-12-20(27-5-2)16(3)14-18/h6-12,14,19,23H,4-5,13,15H2,1-3H3,(H,22,24). The minimum atomic E-state index is -3.87. The molecule has 7 heteroatoms. The average Bonchev–Trinajstić information content (AvgIpc) is 2.68. The zero-order valence-corrected chi connectivity index (χ0v) is 17.4. The number of aryl methyl sites for hydroxylation is 1. The number of carbonyl (C=O) groups is 1. The Morgan fingerprint density at radius 2 is 1.82 bits per heavy atom. The molecule has 1 amide bonds. The molecule has 0 spiro atoms. The van der Waals surface area contributed by atoms with Crippen LogP contribution in [-0.2, 0) is 21.2 Å². The summed E-state index contributed by atoms with van der Waals surface area (Å²) in [7, 11) is -3.87. The Bertz CT molecular complexity index is 883. The van der Waals surface area contributed by atoms with Gasteiger partial charge < -0.3 is 10.1 Å². The predicted molar refractivity (Wildman–Crippen MR) is 110 cm³/mol. The lowest BCUT2D eigenvalue weighted by atomic mass is 10.1. The van der Waals surface area contributed by atoms with E-state index >= 15 is 0 Å². The van der Waals surface area contributed by atoms with Crippen LogP contribution >= 0.6 is 0 Å². The first-order chi connectivity index (χ1) is 13.4. The third-order valence-corrected chi connectivity index (χ3v) is 5.67. The third-order valence-electron chi connectivity index (χ3n) is 4.20. The number of nitrogens with one attached hydrogen (secondary N) is 2. The number of carbonyl (C=O) groups excluding carboxylic acids is 1. The van der Waals surface area contributed by atoms with E-state index in [4.69, 9.17) is 4.74 Å². The van der Waals surface area contributed by atoms with Gasteiger partial charge in [0.15, 0.2) is 0 Å². The summed E-state index contributed by atoms with van der Waals surface area (Å²) in [5.74, 6) is 0.305. The molecule has 2 aromatic rings. The molecule has 28 heavy (non-hydrogen) atoms. The van der Waals surface area contributed by atoms with Gasteiger partial charge in [0.05, 0.1) is 11.5 Å². The molecule has 0 heterocycles. The van der Waals surface area contributed by atoms with E-state index in [0.717, 1.165) is 17.5 Å². The Hall–Kier alpha value is -2.38. The van der Waals surface area contributed by atoms with Crippen LogP contribution in [0.25, 0.3) is 0 Å². The summed E-state index contributed by atoms with van der Waals surface area (Å²) in [6.07, 6.45) is 1.04. The van der Waals surface area contributed by atoms with Gasteiger partial charge in [-0.1, -0.05) is 37.3 Å². The SMILES string of the molecule is CCCNC(=O)C(Cc1ccccc1)NS(=O)(=O)c1ccc(OCC)c(C)c1. The van der Waals surface area contributed by atoms with Gasteiger partial charge in [-0.2, -0.15) is 4.72 Å². The van der Waals surface area contributed by atoms with Gasteiger partial charge in [0.2, 0.25) is 15.9 Å². The second kappa shape index (κ2) is 10.2. The van der Waals surface area contributed by atoms with Crippen LogP contribution in [0.15, 0.2) is 53.4 Å². The van der Waals surface area contributed by atoms with Crippen molar-refractivity contribution in [1.29, 1.82) is 0 Å². The molecule has 0 aliphatic carbocycles. The summed E-state index contributed by atoms with van der Waals surface area (Å²) >= 11 is 0. The van der Waals surface area contributed by atoms with E-state index in [1.807, 2.05) is 44.2 Å². The summed E-state index contributed by atoms with van der Waals surface area (Å²) in [4.78, 5) is 12.7. The van der Waals surface area contributed by atoms with Crippen molar-refractivity contribution >= 4 is 15.9 Å². The average molecular weight is 405 g/mol. The highest BCUT2D eigenvalue weighted by Gasteiger charge is 2.26. The zero-order valence-electron chi connectivity index (χ0n) is 16.6. The topological polar surface area (TPSA) is 84.5 Å². The first-order valence-corrected chi connectivity index (χ1v) is 10.9. The van der Waals surface area contributed by atoms with Crippen LogP contribution in [0.3, 0.4) is 0 Å². The highest BCUT2D eigenvalue weighted by Crippen LogP contribution is 2.22. The Morgan fingerprint density at radius 1 is 1.11 bits per heavy atom. The van der Waals surface area contributed by atoms with Crippen molar-refractivity contribution in [1.82, 2.24) is 10.0 Å². The fourth-order valence-electron chi connectivity index (χ4n) is 2.77. The minimum absolute atomic E-state index is 0.106. The quantitative estimate of drug-likeness (QED) is 0.638. The number of hydrogen-bond acceptors (Lipinski definition) is 4. The van der Waals surface area contributed by atoms with Crippen molar-refractivity contribution in [3.63, 3.8) is 0 Å². The van der Waals surface area contributed by atoms with Crippen molar-refractivity contribution in [3.8, 4) is 5.75 Å². The molecule has 1 unspecified atom stereocenters. The first-order valence-electron chi connectivity index (χ1n) is 9.44. The molecule has 152 valence electrons. The number of amides is 1. The molecule has 0 bridgehead atoms. The Kier molecular flexibility index (Phi) is 8.02. The van der Waals surface area contributed by atoms with Crippen molar-refractivity contribution in [2.45, 2.75) is 44.6 Å². The Morgan fingerprint density at radius 3 is 2.43 bits per heavy atom. The molecule has 0 aromatic heterocycles. The van der Waals surface area contributed by atoms with Crippen molar-refractivity contribution in [3.05, 3.63) is 59.7 Å². The summed E-state index contributed by atoms with van der Waals surface area (Å²) < 4.78 is 33.8. The van der Waals surface area contributed by atoms with Crippen LogP contribution in [0.5, 0.6) is 5.75 Å². The lowest BCUT2D eigenvalue weighted by Crippen LogP contribution is -2.48. The predicted octanol–water partition coefficient (Wildman–Crippen LogP) is 2.81. The minimum Gasteiger partial charge on any atom is -0.494 e. The van der Waals surface area contributed by atoms with Gasteiger partial charge in [-0.15, -0.1) is 0 Å². The molecular formula is C21H28N2O4S. The van der Waals surface area contributed by atoms with Gasteiger partial charge in [0.25, 0.3) is 0 Å². The van der Waals surface area contributed by atoms with Crippen LogP contribution in [0.2, 0.25) is 0 Å². The molecule has 0 saturated heterocycles. The smallest absolute Gasteiger partial charge is 0.241 e. The molecule has 0 radical (unpaired) electrons. The van der Waals surface area contributed by atoms with E-state index in [1.54, 1.807) is 19.1 Å². The molecule has 0 fully saturated rings. The summed E-state index contributed by atoms with van der Waals surface area (Å²) in [6.45, 7) is 6.60. The molecule has 0 saturated carbocycles. The van der Waals surface area contributed by atoms with E-state index in [0.29, 0.717) is 18.9 Å². The Labute approximate surface area is 167 Å². The fourth-order valence-corrected chi connectivity index (χ4v) is 4.05. The monoisotopic (exact) mass is 404 g/mol. The van der Waals surface area contributed by atoms with Gasteiger partial charge in [-0.3, -0.25) is 4.79 Å².